The lowest BCUT2D eigenvalue weighted by Crippen LogP contribution is -3.07. The minimum absolute atomic E-state index is 0.173. The van der Waals surface area contributed by atoms with E-state index in [2.05, 4.69) is 48.8 Å². The lowest BCUT2D eigenvalue weighted by molar-refractivity contribution is -0.865. The van der Waals surface area contributed by atoms with Crippen LogP contribution >= 0.6 is 0 Å². The zero-order valence-electron chi connectivity index (χ0n) is 12.6. The largest absolute Gasteiger partial charge is 0.352 e. The van der Waals surface area contributed by atoms with Gasteiger partial charge in [0.05, 0.1) is 26.3 Å². The third-order valence-corrected chi connectivity index (χ3v) is 3.03. The lowest BCUT2D eigenvalue weighted by Gasteiger charge is -2.26. The van der Waals surface area contributed by atoms with Crippen molar-refractivity contribution in [1.29, 1.82) is 0 Å². The van der Waals surface area contributed by atoms with E-state index in [9.17, 15) is 0 Å². The van der Waals surface area contributed by atoms with Crippen LogP contribution in [0, 0.1) is 5.41 Å². The highest BCUT2D eigenvalue weighted by atomic mass is 15.6. The van der Waals surface area contributed by atoms with Crippen molar-refractivity contribution < 1.29 is 4.90 Å². The molecule has 0 radical (unpaired) electrons. The number of nitrogens with zero attached hydrogens (tertiary/aromatic N) is 4. The summed E-state index contributed by atoms with van der Waals surface area (Å²) in [5, 5.41) is 15.2. The Hall–Kier alpha value is -1.95. The maximum atomic E-state index is 4.06. The molecule has 1 aromatic carbocycles. The minimum atomic E-state index is 0.173. The second-order valence-electron chi connectivity index (χ2n) is 6.15. The number of hydrogen-bond acceptors (Lipinski definition) is 4. The van der Waals surface area contributed by atoms with Gasteiger partial charge in [0.1, 0.15) is 0 Å². The van der Waals surface area contributed by atoms with Crippen LogP contribution in [0.2, 0.25) is 0 Å². The summed E-state index contributed by atoms with van der Waals surface area (Å²) >= 11 is 0. The molecule has 0 fully saturated rings. The molecule has 0 unspecified atom stereocenters. The van der Waals surface area contributed by atoms with Gasteiger partial charge in [0.2, 0.25) is 5.95 Å². The van der Waals surface area contributed by atoms with Gasteiger partial charge < -0.3 is 10.2 Å². The van der Waals surface area contributed by atoms with Crippen LogP contribution in [0.5, 0.6) is 0 Å². The van der Waals surface area contributed by atoms with Crippen molar-refractivity contribution in [3.05, 3.63) is 30.3 Å². The molecular weight excluding hydrogens is 252 g/mol. The first-order valence-corrected chi connectivity index (χ1v) is 6.85. The Balaban J connectivity index is 2.07. The standard InChI is InChI=1S/C14H22N6/c1-14(2,11-19(3)4)10-15-13-16-17-18-20(13)12-8-6-5-7-9-12/h5-9H,10-11H2,1-4H3,(H,15,16,18)/p+1. The van der Waals surface area contributed by atoms with E-state index < -0.39 is 0 Å². The summed E-state index contributed by atoms with van der Waals surface area (Å²) in [7, 11) is 4.32. The van der Waals surface area contributed by atoms with E-state index in [0.717, 1.165) is 18.8 Å². The molecule has 2 aromatic rings. The van der Waals surface area contributed by atoms with Crippen molar-refractivity contribution >= 4 is 5.95 Å². The van der Waals surface area contributed by atoms with Crippen molar-refractivity contribution in [1.82, 2.24) is 20.2 Å². The molecule has 2 rings (SSSR count). The summed E-state index contributed by atoms with van der Waals surface area (Å²) < 4.78 is 1.72. The Morgan fingerprint density at radius 2 is 1.90 bits per heavy atom. The predicted octanol–water partition coefficient (Wildman–Crippen LogP) is 0.245. The molecule has 0 aliphatic heterocycles. The SMILES string of the molecule is C[NH+](C)CC(C)(C)CNc1nnnn1-c1ccccc1. The average Bonchev–Trinajstić information content (AvgIpc) is 2.84. The van der Waals surface area contributed by atoms with Gasteiger partial charge in [-0.15, -0.1) is 0 Å². The first-order valence-electron chi connectivity index (χ1n) is 6.85. The van der Waals surface area contributed by atoms with Gasteiger partial charge in [0, 0.05) is 12.0 Å². The molecule has 6 nitrogen and oxygen atoms in total. The van der Waals surface area contributed by atoms with E-state index in [1.54, 1.807) is 4.68 Å². The molecule has 0 spiro atoms. The molecule has 0 bridgehead atoms. The van der Waals surface area contributed by atoms with Crippen molar-refractivity contribution in [3.63, 3.8) is 0 Å². The zero-order valence-corrected chi connectivity index (χ0v) is 12.6. The molecular formula is C14H23N6+. The van der Waals surface area contributed by atoms with Gasteiger partial charge in [-0.25, -0.2) is 0 Å². The van der Waals surface area contributed by atoms with Gasteiger partial charge >= 0.3 is 0 Å². The van der Waals surface area contributed by atoms with Crippen molar-refractivity contribution in [2.24, 2.45) is 5.41 Å². The highest BCUT2D eigenvalue weighted by Crippen LogP contribution is 2.15. The number of para-hydroxylation sites is 1. The highest BCUT2D eigenvalue weighted by Gasteiger charge is 2.22. The van der Waals surface area contributed by atoms with Crippen LogP contribution < -0.4 is 10.2 Å². The van der Waals surface area contributed by atoms with Crippen LogP contribution in [-0.4, -0.2) is 47.4 Å². The zero-order chi connectivity index (χ0) is 14.6. The Morgan fingerprint density at radius 1 is 1.20 bits per heavy atom. The van der Waals surface area contributed by atoms with Crippen molar-refractivity contribution in [2.75, 3.05) is 32.5 Å². The number of benzene rings is 1. The molecule has 2 N–H and O–H groups in total. The lowest BCUT2D eigenvalue weighted by atomic mass is 9.93. The molecule has 6 heteroatoms. The highest BCUT2D eigenvalue weighted by molar-refractivity contribution is 5.38. The number of anilines is 1. The molecule has 1 aromatic heterocycles. The van der Waals surface area contributed by atoms with E-state index in [-0.39, 0.29) is 5.41 Å². The first kappa shape index (κ1) is 14.5. The number of tetrazole rings is 1. The van der Waals surface area contributed by atoms with E-state index >= 15 is 0 Å². The number of quaternary nitrogens is 1. The normalized spacial score (nSPS) is 11.8. The summed E-state index contributed by atoms with van der Waals surface area (Å²) in [5.74, 6) is 0.679. The summed E-state index contributed by atoms with van der Waals surface area (Å²) in [6, 6.07) is 9.89. The van der Waals surface area contributed by atoms with Crippen LogP contribution in [0.3, 0.4) is 0 Å². The second-order valence-corrected chi connectivity index (χ2v) is 6.15. The molecule has 0 aliphatic rings. The third kappa shape index (κ3) is 3.77. The van der Waals surface area contributed by atoms with Gasteiger partial charge in [0.15, 0.2) is 0 Å². The summed E-state index contributed by atoms with van der Waals surface area (Å²) in [5.41, 5.74) is 1.13. The van der Waals surface area contributed by atoms with Crippen molar-refractivity contribution in [2.45, 2.75) is 13.8 Å². The van der Waals surface area contributed by atoms with Gasteiger partial charge in [-0.05, 0) is 22.6 Å². The smallest absolute Gasteiger partial charge is 0.247 e. The molecule has 20 heavy (non-hydrogen) atoms. The fraction of sp³-hybridized carbons (Fsp3) is 0.500. The Bertz CT molecular complexity index is 532. The van der Waals surface area contributed by atoms with Gasteiger partial charge in [0.25, 0.3) is 0 Å². The van der Waals surface area contributed by atoms with E-state index in [1.807, 2.05) is 30.3 Å². The van der Waals surface area contributed by atoms with Gasteiger partial charge in [-0.3, -0.25) is 0 Å². The summed E-state index contributed by atoms with van der Waals surface area (Å²) in [4.78, 5) is 1.43. The number of hydrogen-bond donors (Lipinski definition) is 2. The van der Waals surface area contributed by atoms with Crippen LogP contribution in [0.4, 0.5) is 5.95 Å². The predicted molar refractivity (Wildman–Crippen MR) is 79.1 cm³/mol. The number of nitrogens with one attached hydrogen (secondary N) is 2. The minimum Gasteiger partial charge on any atom is -0.352 e. The third-order valence-electron chi connectivity index (χ3n) is 3.03. The van der Waals surface area contributed by atoms with Crippen LogP contribution in [0.1, 0.15) is 13.8 Å². The average molecular weight is 275 g/mol. The quantitative estimate of drug-likeness (QED) is 0.793. The topological polar surface area (TPSA) is 60.1 Å². The Kier molecular flexibility index (Phi) is 4.34. The van der Waals surface area contributed by atoms with Gasteiger partial charge in [-0.1, -0.05) is 37.1 Å². The maximum Gasteiger partial charge on any atom is 0.247 e. The molecule has 1 heterocycles. The van der Waals surface area contributed by atoms with Gasteiger partial charge in [-0.2, -0.15) is 4.68 Å². The molecule has 0 saturated carbocycles. The van der Waals surface area contributed by atoms with Crippen molar-refractivity contribution in [3.8, 4) is 5.69 Å². The molecule has 108 valence electrons. The fourth-order valence-electron chi connectivity index (χ4n) is 2.38. The first-order chi connectivity index (χ1) is 9.48. The fourth-order valence-corrected chi connectivity index (χ4v) is 2.38. The van der Waals surface area contributed by atoms with E-state index in [1.165, 1.54) is 4.90 Å². The van der Waals surface area contributed by atoms with Crippen LogP contribution in [0.15, 0.2) is 30.3 Å². The molecule has 0 aliphatic carbocycles. The second kappa shape index (κ2) is 6.00. The van der Waals surface area contributed by atoms with Crippen LogP contribution in [-0.2, 0) is 0 Å². The maximum absolute atomic E-state index is 4.06. The monoisotopic (exact) mass is 275 g/mol. The summed E-state index contributed by atoms with van der Waals surface area (Å²) in [6.07, 6.45) is 0. The Labute approximate surface area is 119 Å². The molecule has 0 atom stereocenters. The molecule has 0 saturated heterocycles. The number of rotatable bonds is 6. The Morgan fingerprint density at radius 3 is 2.55 bits per heavy atom. The van der Waals surface area contributed by atoms with E-state index in [4.69, 9.17) is 0 Å². The van der Waals surface area contributed by atoms with Crippen LogP contribution in [0.25, 0.3) is 5.69 Å². The van der Waals surface area contributed by atoms with E-state index in [0.29, 0.717) is 5.95 Å². The summed E-state index contributed by atoms with van der Waals surface area (Å²) in [6.45, 7) is 6.38. The molecule has 0 amide bonds. The number of aromatic nitrogens is 4.